The van der Waals surface area contributed by atoms with Crippen molar-refractivity contribution in [1.82, 2.24) is 9.55 Å². The molecule has 1 heterocycles. The Labute approximate surface area is 93.7 Å². The second-order valence-electron chi connectivity index (χ2n) is 3.12. The third-order valence-electron chi connectivity index (χ3n) is 2.05. The fourth-order valence-corrected chi connectivity index (χ4v) is 1.69. The molecule has 0 fully saturated rings. The lowest BCUT2D eigenvalue weighted by molar-refractivity contribution is 0.585. The van der Waals surface area contributed by atoms with E-state index in [1.807, 2.05) is 0 Å². The monoisotopic (exact) mass is 272 g/mol. The first-order chi connectivity index (χ1) is 7.09. The molecule has 2 aromatic rings. The quantitative estimate of drug-likeness (QED) is 0.780. The van der Waals surface area contributed by atoms with Crippen molar-refractivity contribution in [3.05, 3.63) is 40.8 Å². The van der Waals surface area contributed by atoms with Crippen molar-refractivity contribution in [3.8, 4) is 11.3 Å². The van der Waals surface area contributed by atoms with Gasteiger partial charge in [-0.3, -0.25) is 0 Å². The van der Waals surface area contributed by atoms with Gasteiger partial charge in [0, 0.05) is 18.7 Å². The summed E-state index contributed by atoms with van der Waals surface area (Å²) in [6.45, 7) is 0. The zero-order valence-electron chi connectivity index (χ0n) is 7.84. The van der Waals surface area contributed by atoms with Crippen LogP contribution >= 0.6 is 15.9 Å². The van der Waals surface area contributed by atoms with Crippen molar-refractivity contribution in [2.45, 2.75) is 0 Å². The molecule has 0 spiro atoms. The fourth-order valence-electron chi connectivity index (χ4n) is 1.28. The van der Waals surface area contributed by atoms with Gasteiger partial charge in [0.15, 0.2) is 0 Å². The number of hydrogen-bond donors (Lipinski definition) is 0. The fraction of sp³-hybridized carbons (Fsp3) is 0.100. The first-order valence-corrected chi connectivity index (χ1v) is 5.01. The maximum atomic E-state index is 13.4. The van der Waals surface area contributed by atoms with Crippen LogP contribution in [0.25, 0.3) is 11.3 Å². The summed E-state index contributed by atoms with van der Waals surface area (Å²) in [7, 11) is 1.78. The molecule has 78 valence electrons. The zero-order chi connectivity index (χ0) is 11.0. The van der Waals surface area contributed by atoms with E-state index in [1.165, 1.54) is 12.1 Å². The van der Waals surface area contributed by atoms with Gasteiger partial charge < -0.3 is 4.57 Å². The van der Waals surface area contributed by atoms with E-state index in [-0.39, 0.29) is 5.56 Å². The van der Waals surface area contributed by atoms with Gasteiger partial charge in [-0.25, -0.2) is 13.8 Å². The van der Waals surface area contributed by atoms with Crippen molar-refractivity contribution in [2.24, 2.45) is 7.05 Å². The molecule has 0 aliphatic carbocycles. The third-order valence-corrected chi connectivity index (χ3v) is 2.99. The van der Waals surface area contributed by atoms with Crippen LogP contribution in [0.4, 0.5) is 8.78 Å². The van der Waals surface area contributed by atoms with Crippen LogP contribution in [0.1, 0.15) is 0 Å². The minimum absolute atomic E-state index is 0.281. The van der Waals surface area contributed by atoms with Gasteiger partial charge in [-0.2, -0.15) is 0 Å². The summed E-state index contributed by atoms with van der Waals surface area (Å²) >= 11 is 3.28. The Kier molecular flexibility index (Phi) is 2.56. The highest BCUT2D eigenvalue weighted by Gasteiger charge is 2.13. The third kappa shape index (κ3) is 1.79. The highest BCUT2D eigenvalue weighted by Crippen LogP contribution is 2.28. The number of aryl methyl sites for hydroxylation is 1. The van der Waals surface area contributed by atoms with Gasteiger partial charge >= 0.3 is 0 Å². The summed E-state index contributed by atoms with van der Waals surface area (Å²) in [6.07, 6.45) is 1.56. The zero-order valence-corrected chi connectivity index (χ0v) is 9.42. The van der Waals surface area contributed by atoms with Crippen molar-refractivity contribution in [3.63, 3.8) is 0 Å². The van der Waals surface area contributed by atoms with Gasteiger partial charge in [-0.15, -0.1) is 0 Å². The van der Waals surface area contributed by atoms with Crippen molar-refractivity contribution < 1.29 is 8.78 Å². The van der Waals surface area contributed by atoms with E-state index in [4.69, 9.17) is 0 Å². The maximum absolute atomic E-state index is 13.4. The lowest BCUT2D eigenvalue weighted by atomic mass is 10.1. The molecule has 0 unspecified atom stereocenters. The van der Waals surface area contributed by atoms with E-state index in [1.54, 1.807) is 17.9 Å². The molecule has 0 amide bonds. The molecule has 0 N–H and O–H groups in total. The Hall–Kier alpha value is -1.23. The van der Waals surface area contributed by atoms with Crippen molar-refractivity contribution in [2.75, 3.05) is 0 Å². The van der Waals surface area contributed by atoms with Crippen LogP contribution in [0.3, 0.4) is 0 Å². The van der Waals surface area contributed by atoms with Crippen LogP contribution in [0.2, 0.25) is 0 Å². The Morgan fingerprint density at radius 3 is 2.60 bits per heavy atom. The highest BCUT2D eigenvalue weighted by molar-refractivity contribution is 9.10. The Morgan fingerprint density at radius 2 is 2.07 bits per heavy atom. The molecule has 5 heteroatoms. The summed E-state index contributed by atoms with van der Waals surface area (Å²) < 4.78 is 28.5. The molecule has 0 atom stereocenters. The normalized spacial score (nSPS) is 10.7. The number of rotatable bonds is 1. The van der Waals surface area contributed by atoms with Crippen LogP contribution in [-0.4, -0.2) is 9.55 Å². The molecule has 0 aliphatic rings. The molecule has 0 saturated heterocycles. The molecular weight excluding hydrogens is 266 g/mol. The molecule has 0 saturated carbocycles. The molecule has 0 bridgehead atoms. The average Bonchev–Trinajstić information content (AvgIpc) is 2.49. The smallest absolute Gasteiger partial charge is 0.135 e. The molecule has 2 rings (SSSR count). The number of nitrogens with zero attached hydrogens (tertiary/aromatic N) is 2. The van der Waals surface area contributed by atoms with Gasteiger partial charge in [0.2, 0.25) is 0 Å². The van der Waals surface area contributed by atoms with E-state index in [2.05, 4.69) is 20.9 Å². The van der Waals surface area contributed by atoms with E-state index >= 15 is 0 Å². The van der Waals surface area contributed by atoms with Crippen molar-refractivity contribution >= 4 is 15.9 Å². The van der Waals surface area contributed by atoms with E-state index < -0.39 is 11.6 Å². The first-order valence-electron chi connectivity index (χ1n) is 4.22. The van der Waals surface area contributed by atoms with Gasteiger partial charge in [0.25, 0.3) is 0 Å². The second kappa shape index (κ2) is 3.73. The lowest BCUT2D eigenvalue weighted by Gasteiger charge is -2.01. The van der Waals surface area contributed by atoms with Crippen LogP contribution in [-0.2, 0) is 7.05 Å². The van der Waals surface area contributed by atoms with E-state index in [0.29, 0.717) is 10.3 Å². The minimum Gasteiger partial charge on any atom is -0.328 e. The lowest BCUT2D eigenvalue weighted by Crippen LogP contribution is -1.88. The Bertz CT molecular complexity index is 508. The number of benzene rings is 1. The predicted molar refractivity (Wildman–Crippen MR) is 56.3 cm³/mol. The van der Waals surface area contributed by atoms with Crippen LogP contribution in [0.15, 0.2) is 29.1 Å². The summed E-state index contributed by atoms with van der Waals surface area (Å²) in [6, 6.07) is 3.42. The molecule has 0 radical (unpaired) electrons. The topological polar surface area (TPSA) is 17.8 Å². The number of halogens is 3. The minimum atomic E-state index is -0.616. The number of hydrogen-bond acceptors (Lipinski definition) is 1. The van der Waals surface area contributed by atoms with Crippen LogP contribution in [0, 0.1) is 11.6 Å². The first kappa shape index (κ1) is 10.3. The summed E-state index contributed by atoms with van der Waals surface area (Å²) in [4.78, 5) is 4.03. The Morgan fingerprint density at radius 1 is 1.33 bits per heavy atom. The summed E-state index contributed by atoms with van der Waals surface area (Å²) in [5.74, 6) is -1.21. The Balaban J connectivity index is 2.59. The largest absolute Gasteiger partial charge is 0.328 e. The molecule has 1 aromatic heterocycles. The highest BCUT2D eigenvalue weighted by atomic mass is 79.9. The second-order valence-corrected chi connectivity index (χ2v) is 3.87. The SMILES string of the molecule is Cn1cnc(-c2ccc(F)cc2F)c1Br. The van der Waals surface area contributed by atoms with Crippen LogP contribution < -0.4 is 0 Å². The van der Waals surface area contributed by atoms with Crippen LogP contribution in [0.5, 0.6) is 0 Å². The number of aromatic nitrogens is 2. The summed E-state index contributed by atoms with van der Waals surface area (Å²) in [5.41, 5.74) is 0.749. The van der Waals surface area contributed by atoms with Crippen molar-refractivity contribution in [1.29, 1.82) is 0 Å². The molecule has 1 aromatic carbocycles. The molecule has 0 aliphatic heterocycles. The van der Waals surface area contributed by atoms with Gasteiger partial charge in [-0.1, -0.05) is 0 Å². The summed E-state index contributed by atoms with van der Waals surface area (Å²) in [5, 5.41) is 0. The average molecular weight is 273 g/mol. The van der Waals surface area contributed by atoms with Gasteiger partial charge in [-0.05, 0) is 28.1 Å². The van der Waals surface area contributed by atoms with E-state index in [9.17, 15) is 8.78 Å². The molecule has 15 heavy (non-hydrogen) atoms. The van der Waals surface area contributed by atoms with Gasteiger partial charge in [0.1, 0.15) is 21.9 Å². The van der Waals surface area contributed by atoms with E-state index in [0.717, 1.165) is 6.07 Å². The molecule has 2 nitrogen and oxygen atoms in total. The predicted octanol–water partition coefficient (Wildman–Crippen LogP) is 3.13. The van der Waals surface area contributed by atoms with Gasteiger partial charge in [0.05, 0.1) is 6.33 Å². The molecular formula is C10H7BrF2N2. The number of imidazole rings is 1. The standard InChI is InChI=1S/C10H7BrF2N2/c1-15-5-14-9(10(15)11)7-3-2-6(12)4-8(7)13/h2-5H,1H3. The maximum Gasteiger partial charge on any atom is 0.135 e.